The molecule has 0 aromatic heterocycles. The molecule has 0 aromatic carbocycles. The highest BCUT2D eigenvalue weighted by Gasteiger charge is 2.31. The van der Waals surface area contributed by atoms with E-state index in [0.29, 0.717) is 25.0 Å². The van der Waals surface area contributed by atoms with Gasteiger partial charge < -0.3 is 21.1 Å². The largest absolute Gasteiger partial charge is 0.393 e. The molecule has 2 amide bonds. The fourth-order valence-electron chi connectivity index (χ4n) is 4.04. The number of carbonyl (C=O) groups is 1. The van der Waals surface area contributed by atoms with Crippen molar-refractivity contribution in [3.63, 3.8) is 0 Å². The molecule has 0 spiro atoms. The third kappa shape index (κ3) is 5.96. The summed E-state index contributed by atoms with van der Waals surface area (Å²) in [5, 5.41) is 13.8. The third-order valence-corrected chi connectivity index (χ3v) is 5.61. The Balaban J connectivity index is 1.85. The molecule has 2 rings (SSSR count). The summed E-state index contributed by atoms with van der Waals surface area (Å²) in [4.78, 5) is 13.4. The van der Waals surface area contributed by atoms with Crippen LogP contribution in [0.1, 0.15) is 58.8 Å². The van der Waals surface area contributed by atoms with Crippen LogP contribution in [0.15, 0.2) is 0 Å². The zero-order valence-corrected chi connectivity index (χ0v) is 14.8. The molecule has 1 heterocycles. The van der Waals surface area contributed by atoms with Crippen molar-refractivity contribution in [1.82, 2.24) is 10.2 Å². The number of rotatable bonds is 6. The lowest BCUT2D eigenvalue weighted by Gasteiger charge is -2.39. The number of nitrogens with two attached hydrogens (primary N) is 1. The molecular weight excluding hydrogens is 290 g/mol. The van der Waals surface area contributed by atoms with Gasteiger partial charge in [-0.05, 0) is 50.0 Å². The summed E-state index contributed by atoms with van der Waals surface area (Å²) in [5.74, 6) is 1.37. The second kappa shape index (κ2) is 8.88. The van der Waals surface area contributed by atoms with E-state index < -0.39 is 0 Å². The van der Waals surface area contributed by atoms with Gasteiger partial charge in [0.15, 0.2) is 0 Å². The summed E-state index contributed by atoms with van der Waals surface area (Å²) < 4.78 is 0. The van der Waals surface area contributed by atoms with Crippen molar-refractivity contribution in [3.05, 3.63) is 0 Å². The Labute approximate surface area is 141 Å². The molecule has 0 aromatic rings. The Kier molecular flexibility index (Phi) is 7.15. The van der Waals surface area contributed by atoms with Crippen LogP contribution in [0.5, 0.6) is 0 Å². The molecule has 1 saturated carbocycles. The van der Waals surface area contributed by atoms with E-state index >= 15 is 0 Å². The summed E-state index contributed by atoms with van der Waals surface area (Å²) >= 11 is 0. The first-order valence-electron chi connectivity index (χ1n) is 9.41. The number of nitrogens with one attached hydrogen (secondary N) is 1. The van der Waals surface area contributed by atoms with E-state index in [2.05, 4.69) is 5.32 Å². The minimum absolute atomic E-state index is 0.257. The number of hydrogen-bond acceptors (Lipinski definition) is 3. The first kappa shape index (κ1) is 18.5. The molecule has 2 aliphatic rings. The van der Waals surface area contributed by atoms with Crippen molar-refractivity contribution in [1.29, 1.82) is 0 Å². The normalized spacial score (nSPS) is 28.1. The number of piperidine rings is 1. The van der Waals surface area contributed by atoms with E-state index in [1.165, 1.54) is 32.1 Å². The van der Waals surface area contributed by atoms with Crippen molar-refractivity contribution in [3.8, 4) is 0 Å². The standard InChI is InChI=1S/C18H35N3O2/c1-13(2)17(22)9-15-8-16(12-21(11-15)18(19)23)20-10-14-6-4-3-5-7-14/h13-17,20,22H,3-12H2,1-2H3,(H2,19,23). The first-order valence-corrected chi connectivity index (χ1v) is 9.41. The van der Waals surface area contributed by atoms with Gasteiger partial charge in [-0.1, -0.05) is 33.1 Å². The molecular formula is C18H35N3O2. The van der Waals surface area contributed by atoms with Crippen LogP contribution in [0, 0.1) is 17.8 Å². The Morgan fingerprint density at radius 2 is 1.91 bits per heavy atom. The third-order valence-electron chi connectivity index (χ3n) is 5.61. The molecule has 4 N–H and O–H groups in total. The van der Waals surface area contributed by atoms with Crippen molar-refractivity contribution in [2.45, 2.75) is 70.9 Å². The second-order valence-electron chi connectivity index (χ2n) is 8.00. The fraction of sp³-hybridized carbons (Fsp3) is 0.944. The van der Waals surface area contributed by atoms with Gasteiger partial charge in [0.25, 0.3) is 0 Å². The van der Waals surface area contributed by atoms with Gasteiger partial charge in [0.05, 0.1) is 6.10 Å². The molecule has 0 radical (unpaired) electrons. The number of nitrogens with zero attached hydrogens (tertiary/aromatic N) is 1. The highest BCUT2D eigenvalue weighted by Crippen LogP contribution is 2.26. The maximum Gasteiger partial charge on any atom is 0.314 e. The van der Waals surface area contributed by atoms with Gasteiger partial charge in [-0.2, -0.15) is 0 Å². The van der Waals surface area contributed by atoms with Gasteiger partial charge in [0, 0.05) is 19.1 Å². The van der Waals surface area contributed by atoms with Gasteiger partial charge in [-0.3, -0.25) is 0 Å². The van der Waals surface area contributed by atoms with Crippen molar-refractivity contribution >= 4 is 6.03 Å². The molecule has 3 atom stereocenters. The van der Waals surface area contributed by atoms with E-state index in [9.17, 15) is 9.90 Å². The number of carbonyl (C=O) groups excluding carboxylic acids is 1. The molecule has 5 heteroatoms. The molecule has 0 bridgehead atoms. The highest BCUT2D eigenvalue weighted by atomic mass is 16.3. The lowest BCUT2D eigenvalue weighted by molar-refractivity contribution is 0.0696. The topological polar surface area (TPSA) is 78.6 Å². The SMILES string of the molecule is CC(C)C(O)CC1CC(NCC2CCCCC2)CN(C(N)=O)C1. The van der Waals surface area contributed by atoms with Crippen LogP contribution >= 0.6 is 0 Å². The van der Waals surface area contributed by atoms with Crippen molar-refractivity contribution in [2.75, 3.05) is 19.6 Å². The molecule has 3 unspecified atom stereocenters. The average molecular weight is 325 g/mol. The van der Waals surface area contributed by atoms with E-state index in [0.717, 1.165) is 25.3 Å². The smallest absolute Gasteiger partial charge is 0.314 e. The maximum absolute atomic E-state index is 11.6. The predicted molar refractivity (Wildman–Crippen MR) is 93.1 cm³/mol. The van der Waals surface area contributed by atoms with Crippen LogP contribution in [0.3, 0.4) is 0 Å². The number of urea groups is 1. The highest BCUT2D eigenvalue weighted by molar-refractivity contribution is 5.72. The molecule has 1 saturated heterocycles. The molecule has 5 nitrogen and oxygen atoms in total. The Morgan fingerprint density at radius 3 is 2.52 bits per heavy atom. The van der Waals surface area contributed by atoms with E-state index in [1.807, 2.05) is 13.8 Å². The fourth-order valence-corrected chi connectivity index (χ4v) is 4.04. The summed E-state index contributed by atoms with van der Waals surface area (Å²) in [6.07, 6.45) is 8.23. The summed E-state index contributed by atoms with van der Waals surface area (Å²) in [6.45, 7) is 6.52. The van der Waals surface area contributed by atoms with Crippen LogP contribution in [-0.4, -0.2) is 47.8 Å². The van der Waals surface area contributed by atoms with E-state index in [1.54, 1.807) is 4.90 Å². The number of aliphatic hydroxyl groups excluding tert-OH is 1. The van der Waals surface area contributed by atoms with Gasteiger partial charge in [0.2, 0.25) is 0 Å². The van der Waals surface area contributed by atoms with Gasteiger partial charge in [0.1, 0.15) is 0 Å². The first-order chi connectivity index (χ1) is 11.0. The number of primary amides is 1. The summed E-state index contributed by atoms with van der Waals surface area (Å²) in [5.41, 5.74) is 5.52. The quantitative estimate of drug-likeness (QED) is 0.701. The Morgan fingerprint density at radius 1 is 1.22 bits per heavy atom. The summed E-state index contributed by atoms with van der Waals surface area (Å²) in [6, 6.07) is -0.0271. The van der Waals surface area contributed by atoms with Crippen LogP contribution in [0.2, 0.25) is 0 Å². The summed E-state index contributed by atoms with van der Waals surface area (Å²) in [7, 11) is 0. The minimum atomic E-state index is -0.335. The minimum Gasteiger partial charge on any atom is -0.393 e. The second-order valence-corrected chi connectivity index (χ2v) is 8.00. The predicted octanol–water partition coefficient (Wildman–Crippen LogP) is 2.33. The van der Waals surface area contributed by atoms with Crippen LogP contribution in [0.4, 0.5) is 4.79 Å². The van der Waals surface area contributed by atoms with Gasteiger partial charge >= 0.3 is 6.03 Å². The van der Waals surface area contributed by atoms with E-state index in [-0.39, 0.29) is 18.1 Å². The Bertz CT molecular complexity index is 369. The van der Waals surface area contributed by atoms with Crippen LogP contribution in [-0.2, 0) is 0 Å². The number of amides is 2. The molecule has 1 aliphatic carbocycles. The number of hydrogen-bond donors (Lipinski definition) is 3. The van der Waals surface area contributed by atoms with Crippen molar-refractivity contribution < 1.29 is 9.90 Å². The van der Waals surface area contributed by atoms with Crippen molar-refractivity contribution in [2.24, 2.45) is 23.5 Å². The lowest BCUT2D eigenvalue weighted by Crippen LogP contribution is -2.54. The maximum atomic E-state index is 11.6. The molecule has 1 aliphatic heterocycles. The van der Waals surface area contributed by atoms with Crippen LogP contribution in [0.25, 0.3) is 0 Å². The van der Waals surface area contributed by atoms with E-state index in [4.69, 9.17) is 5.73 Å². The molecule has 23 heavy (non-hydrogen) atoms. The van der Waals surface area contributed by atoms with Gasteiger partial charge in [-0.15, -0.1) is 0 Å². The Hall–Kier alpha value is -0.810. The average Bonchev–Trinajstić information content (AvgIpc) is 2.53. The number of aliphatic hydroxyl groups is 1. The zero-order valence-electron chi connectivity index (χ0n) is 14.8. The van der Waals surface area contributed by atoms with Gasteiger partial charge in [-0.25, -0.2) is 4.79 Å². The number of likely N-dealkylation sites (tertiary alicyclic amines) is 1. The molecule has 2 fully saturated rings. The monoisotopic (exact) mass is 325 g/mol. The van der Waals surface area contributed by atoms with Crippen LogP contribution < -0.4 is 11.1 Å². The molecule has 134 valence electrons. The zero-order chi connectivity index (χ0) is 16.8. The lowest BCUT2D eigenvalue weighted by atomic mass is 9.86.